The highest BCUT2D eigenvalue weighted by Crippen LogP contribution is 2.20. The molecule has 0 aromatic heterocycles. The van der Waals surface area contributed by atoms with E-state index in [0.29, 0.717) is 18.0 Å². The number of nitrogens with one attached hydrogen (secondary N) is 1. The van der Waals surface area contributed by atoms with Crippen molar-refractivity contribution in [2.75, 3.05) is 19.0 Å². The average Bonchev–Trinajstić information content (AvgIpc) is 2.54. The molecular formula is C17H16FNO3. The van der Waals surface area contributed by atoms with Crippen LogP contribution in [0.5, 0.6) is 11.5 Å². The van der Waals surface area contributed by atoms with Crippen molar-refractivity contribution in [2.24, 2.45) is 0 Å². The molecule has 0 aliphatic heterocycles. The summed E-state index contributed by atoms with van der Waals surface area (Å²) in [5.41, 5.74) is 0.803. The van der Waals surface area contributed by atoms with Crippen LogP contribution in [0.4, 0.5) is 10.1 Å². The number of carbonyl (C=O) groups is 1. The van der Waals surface area contributed by atoms with E-state index in [1.807, 2.05) is 0 Å². The zero-order valence-electron chi connectivity index (χ0n) is 12.1. The summed E-state index contributed by atoms with van der Waals surface area (Å²) in [7, 11) is 1.37. The highest BCUT2D eigenvalue weighted by Gasteiger charge is 2.10. The summed E-state index contributed by atoms with van der Waals surface area (Å²) in [5.74, 6) is -0.210. The van der Waals surface area contributed by atoms with Gasteiger partial charge in [-0.15, -0.1) is 0 Å². The predicted molar refractivity (Wildman–Crippen MR) is 83.0 cm³/mol. The van der Waals surface area contributed by atoms with Gasteiger partial charge in [-0.3, -0.25) is 4.79 Å². The number of hydrogen-bond donors (Lipinski definition) is 1. The van der Waals surface area contributed by atoms with Crippen LogP contribution in [0, 0.1) is 5.82 Å². The van der Waals surface area contributed by atoms with Gasteiger partial charge in [-0.05, 0) is 42.5 Å². The van der Waals surface area contributed by atoms with Crippen LogP contribution in [-0.2, 0) is 0 Å². The lowest BCUT2D eigenvalue weighted by Crippen LogP contribution is -2.12. The fraction of sp³-hybridized carbons (Fsp3) is 0.118. The molecule has 1 N–H and O–H groups in total. The van der Waals surface area contributed by atoms with Gasteiger partial charge in [0.2, 0.25) is 0 Å². The molecule has 0 unspecified atom stereocenters. The Morgan fingerprint density at radius 1 is 1.27 bits per heavy atom. The van der Waals surface area contributed by atoms with Crippen LogP contribution in [0.15, 0.2) is 55.1 Å². The monoisotopic (exact) mass is 301 g/mol. The Labute approximate surface area is 128 Å². The van der Waals surface area contributed by atoms with E-state index in [1.165, 1.54) is 19.2 Å². The maximum Gasteiger partial charge on any atom is 0.255 e. The standard InChI is InChI=1S/C17H16FNO3/c1-3-10-22-14-7-5-13(6-8-14)19-17(20)12-4-9-16(21-2)15(18)11-12/h3-9,11H,1,10H2,2H3,(H,19,20). The zero-order chi connectivity index (χ0) is 15.9. The molecule has 1 amide bonds. The minimum absolute atomic E-state index is 0.0975. The predicted octanol–water partition coefficient (Wildman–Crippen LogP) is 3.65. The zero-order valence-corrected chi connectivity index (χ0v) is 12.1. The van der Waals surface area contributed by atoms with Crippen molar-refractivity contribution in [2.45, 2.75) is 0 Å². The molecule has 4 nitrogen and oxygen atoms in total. The molecule has 0 saturated carbocycles. The van der Waals surface area contributed by atoms with Crippen molar-refractivity contribution in [1.82, 2.24) is 0 Å². The number of methoxy groups -OCH3 is 1. The van der Waals surface area contributed by atoms with E-state index < -0.39 is 11.7 Å². The van der Waals surface area contributed by atoms with E-state index in [4.69, 9.17) is 9.47 Å². The molecular weight excluding hydrogens is 285 g/mol. The average molecular weight is 301 g/mol. The molecule has 0 saturated heterocycles. The molecule has 0 radical (unpaired) electrons. The second-order valence-corrected chi connectivity index (χ2v) is 4.43. The smallest absolute Gasteiger partial charge is 0.255 e. The van der Waals surface area contributed by atoms with Crippen LogP contribution in [-0.4, -0.2) is 19.6 Å². The molecule has 0 atom stereocenters. The van der Waals surface area contributed by atoms with E-state index in [-0.39, 0.29) is 11.3 Å². The molecule has 0 bridgehead atoms. The van der Waals surface area contributed by atoms with Crippen LogP contribution in [0.1, 0.15) is 10.4 Å². The summed E-state index contributed by atoms with van der Waals surface area (Å²) in [6.07, 6.45) is 1.65. The molecule has 2 aromatic rings. The van der Waals surface area contributed by atoms with Crippen LogP contribution in [0.25, 0.3) is 0 Å². The normalized spacial score (nSPS) is 9.91. The Balaban J connectivity index is 2.05. The summed E-state index contributed by atoms with van der Waals surface area (Å²) >= 11 is 0. The van der Waals surface area contributed by atoms with Crippen LogP contribution < -0.4 is 14.8 Å². The molecule has 5 heteroatoms. The summed E-state index contributed by atoms with van der Waals surface area (Å²) < 4.78 is 23.8. The number of amides is 1. The van der Waals surface area contributed by atoms with E-state index in [2.05, 4.69) is 11.9 Å². The molecule has 2 aromatic carbocycles. The minimum Gasteiger partial charge on any atom is -0.494 e. The van der Waals surface area contributed by atoms with E-state index in [9.17, 15) is 9.18 Å². The van der Waals surface area contributed by atoms with Crippen LogP contribution in [0.3, 0.4) is 0 Å². The van der Waals surface area contributed by atoms with E-state index >= 15 is 0 Å². The SMILES string of the molecule is C=CCOc1ccc(NC(=O)c2ccc(OC)c(F)c2)cc1. The van der Waals surface area contributed by atoms with Gasteiger partial charge in [0, 0.05) is 11.3 Å². The van der Waals surface area contributed by atoms with Gasteiger partial charge in [-0.2, -0.15) is 0 Å². The van der Waals surface area contributed by atoms with E-state index in [1.54, 1.807) is 30.3 Å². The minimum atomic E-state index is -0.580. The van der Waals surface area contributed by atoms with Crippen molar-refractivity contribution in [3.8, 4) is 11.5 Å². The Morgan fingerprint density at radius 2 is 2.00 bits per heavy atom. The van der Waals surface area contributed by atoms with Crippen LogP contribution >= 0.6 is 0 Å². The summed E-state index contributed by atoms with van der Waals surface area (Å²) in [6.45, 7) is 3.98. The Morgan fingerprint density at radius 3 is 2.59 bits per heavy atom. The highest BCUT2D eigenvalue weighted by molar-refractivity contribution is 6.04. The van der Waals surface area contributed by atoms with Gasteiger partial charge in [-0.1, -0.05) is 12.7 Å². The lowest BCUT2D eigenvalue weighted by atomic mass is 10.2. The van der Waals surface area contributed by atoms with Crippen molar-refractivity contribution in [3.63, 3.8) is 0 Å². The first-order valence-electron chi connectivity index (χ1n) is 6.62. The molecule has 0 spiro atoms. The second kappa shape index (κ2) is 7.26. The quantitative estimate of drug-likeness (QED) is 0.828. The Bertz CT molecular complexity index is 668. The van der Waals surface area contributed by atoms with Gasteiger partial charge in [0.15, 0.2) is 11.6 Å². The fourth-order valence-electron chi connectivity index (χ4n) is 1.80. The maximum absolute atomic E-state index is 13.6. The van der Waals surface area contributed by atoms with Gasteiger partial charge in [-0.25, -0.2) is 4.39 Å². The first-order valence-corrected chi connectivity index (χ1v) is 6.62. The number of halogens is 1. The molecule has 0 aliphatic rings. The molecule has 0 heterocycles. The molecule has 22 heavy (non-hydrogen) atoms. The largest absolute Gasteiger partial charge is 0.494 e. The first-order chi connectivity index (χ1) is 10.6. The number of ether oxygens (including phenoxy) is 2. The maximum atomic E-state index is 13.6. The Kier molecular flexibility index (Phi) is 5.14. The second-order valence-electron chi connectivity index (χ2n) is 4.43. The summed E-state index contributed by atoms with van der Waals surface area (Å²) in [4.78, 5) is 12.1. The van der Waals surface area contributed by atoms with Crippen molar-refractivity contribution < 1.29 is 18.7 Å². The van der Waals surface area contributed by atoms with E-state index in [0.717, 1.165) is 6.07 Å². The number of anilines is 1. The van der Waals surface area contributed by atoms with Crippen molar-refractivity contribution in [3.05, 3.63) is 66.5 Å². The molecule has 114 valence electrons. The van der Waals surface area contributed by atoms with Gasteiger partial charge in [0.25, 0.3) is 5.91 Å². The molecule has 2 rings (SSSR count). The Hall–Kier alpha value is -2.82. The lowest BCUT2D eigenvalue weighted by Gasteiger charge is -2.08. The molecule has 0 fully saturated rings. The number of rotatable bonds is 6. The fourth-order valence-corrected chi connectivity index (χ4v) is 1.80. The number of hydrogen-bond acceptors (Lipinski definition) is 3. The van der Waals surface area contributed by atoms with Gasteiger partial charge in [0.05, 0.1) is 7.11 Å². The van der Waals surface area contributed by atoms with Gasteiger partial charge < -0.3 is 14.8 Å². The molecule has 0 aliphatic carbocycles. The third-order valence-electron chi connectivity index (χ3n) is 2.89. The third-order valence-corrected chi connectivity index (χ3v) is 2.89. The third kappa shape index (κ3) is 3.85. The van der Waals surface area contributed by atoms with Gasteiger partial charge in [0.1, 0.15) is 12.4 Å². The van der Waals surface area contributed by atoms with Gasteiger partial charge >= 0.3 is 0 Å². The van der Waals surface area contributed by atoms with Crippen molar-refractivity contribution >= 4 is 11.6 Å². The number of benzene rings is 2. The lowest BCUT2D eigenvalue weighted by molar-refractivity contribution is 0.102. The highest BCUT2D eigenvalue weighted by atomic mass is 19.1. The van der Waals surface area contributed by atoms with Crippen LogP contribution in [0.2, 0.25) is 0 Å². The first kappa shape index (κ1) is 15.6. The van der Waals surface area contributed by atoms with Crippen molar-refractivity contribution in [1.29, 1.82) is 0 Å². The number of carbonyl (C=O) groups excluding carboxylic acids is 1. The summed E-state index contributed by atoms with van der Waals surface area (Å²) in [6, 6.07) is 10.9. The summed E-state index contributed by atoms with van der Waals surface area (Å²) in [5, 5.41) is 2.68. The topological polar surface area (TPSA) is 47.6 Å².